The lowest BCUT2D eigenvalue weighted by atomic mass is 9.68. The highest BCUT2D eigenvalue weighted by Gasteiger charge is 2.51. The Morgan fingerprint density at radius 1 is 1.14 bits per heavy atom. The molecule has 1 aliphatic carbocycles. The molecule has 162 valence electrons. The lowest BCUT2D eigenvalue weighted by Crippen LogP contribution is -2.45. The average Bonchev–Trinajstić information content (AvgIpc) is 2.99. The fourth-order valence-electron chi connectivity index (χ4n) is 4.14. The lowest BCUT2D eigenvalue weighted by molar-refractivity contribution is -0.189. The summed E-state index contributed by atoms with van der Waals surface area (Å²) in [5, 5.41) is 10.6. The number of benzene rings is 1. The Morgan fingerprint density at radius 2 is 1.76 bits per heavy atom. The van der Waals surface area contributed by atoms with Gasteiger partial charge in [-0.15, -0.1) is 0 Å². The van der Waals surface area contributed by atoms with Crippen molar-refractivity contribution >= 4 is 11.6 Å². The molecule has 0 unspecified atom stereocenters. The summed E-state index contributed by atoms with van der Waals surface area (Å²) >= 11 is 0. The standard InChI is InChI=1S/C21H28F3NO4/c1-3-28-14-20(27)10-8-19(9-11-20)12-13-25(18(19)26)16-4-6-17(7-5-16)29-15(2)21(22,23)24/h4-7,15,27H,3,8-14H2,1-2H3/t15-,19?,20?/m0/s1. The van der Waals surface area contributed by atoms with E-state index in [1.807, 2.05) is 6.92 Å². The zero-order chi connectivity index (χ0) is 21.3. The van der Waals surface area contributed by atoms with E-state index in [2.05, 4.69) is 0 Å². The minimum absolute atomic E-state index is 0.0216. The van der Waals surface area contributed by atoms with Crippen molar-refractivity contribution in [1.82, 2.24) is 0 Å². The van der Waals surface area contributed by atoms with Crippen molar-refractivity contribution in [2.75, 3.05) is 24.7 Å². The van der Waals surface area contributed by atoms with E-state index in [0.717, 1.165) is 6.92 Å². The lowest BCUT2D eigenvalue weighted by Gasteiger charge is -2.40. The number of alkyl halides is 3. The number of carbonyl (C=O) groups is 1. The van der Waals surface area contributed by atoms with Crippen molar-refractivity contribution in [3.63, 3.8) is 0 Å². The number of ether oxygens (including phenoxy) is 2. The molecule has 0 radical (unpaired) electrons. The molecule has 3 rings (SSSR count). The number of amides is 1. The van der Waals surface area contributed by atoms with Crippen LogP contribution >= 0.6 is 0 Å². The van der Waals surface area contributed by atoms with Gasteiger partial charge in [0, 0.05) is 18.8 Å². The first-order chi connectivity index (χ1) is 13.6. The van der Waals surface area contributed by atoms with Gasteiger partial charge in [-0.1, -0.05) is 0 Å². The van der Waals surface area contributed by atoms with E-state index in [1.165, 1.54) is 12.1 Å². The van der Waals surface area contributed by atoms with Crippen LogP contribution < -0.4 is 9.64 Å². The first kappa shape index (κ1) is 21.9. The maximum absolute atomic E-state index is 13.1. The van der Waals surface area contributed by atoms with Crippen LogP contribution in [0.4, 0.5) is 18.9 Å². The van der Waals surface area contributed by atoms with Gasteiger partial charge in [0.1, 0.15) is 5.75 Å². The second-order valence-corrected chi connectivity index (χ2v) is 8.14. The maximum atomic E-state index is 13.1. The third kappa shape index (κ3) is 4.69. The molecule has 29 heavy (non-hydrogen) atoms. The van der Waals surface area contributed by atoms with E-state index < -0.39 is 23.3 Å². The monoisotopic (exact) mass is 415 g/mol. The summed E-state index contributed by atoms with van der Waals surface area (Å²) in [4.78, 5) is 14.8. The Kier molecular flexibility index (Phi) is 6.15. The molecule has 1 saturated heterocycles. The fraction of sp³-hybridized carbons (Fsp3) is 0.667. The number of carbonyl (C=O) groups excluding carboxylic acids is 1. The minimum Gasteiger partial charge on any atom is -0.481 e. The third-order valence-corrected chi connectivity index (χ3v) is 6.15. The topological polar surface area (TPSA) is 59.0 Å². The Balaban J connectivity index is 1.63. The number of hydrogen-bond donors (Lipinski definition) is 1. The number of anilines is 1. The number of halogens is 3. The summed E-state index contributed by atoms with van der Waals surface area (Å²) in [7, 11) is 0. The first-order valence-electron chi connectivity index (χ1n) is 10.0. The van der Waals surface area contributed by atoms with E-state index in [4.69, 9.17) is 9.47 Å². The fourth-order valence-corrected chi connectivity index (χ4v) is 4.14. The molecule has 1 aliphatic heterocycles. The molecule has 5 nitrogen and oxygen atoms in total. The maximum Gasteiger partial charge on any atom is 0.425 e. The van der Waals surface area contributed by atoms with Crippen molar-refractivity contribution in [3.05, 3.63) is 24.3 Å². The van der Waals surface area contributed by atoms with Crippen molar-refractivity contribution in [2.45, 2.75) is 63.8 Å². The molecule has 1 aromatic carbocycles. The van der Waals surface area contributed by atoms with Crippen LogP contribution in [-0.4, -0.2) is 48.7 Å². The quantitative estimate of drug-likeness (QED) is 0.761. The molecule has 1 heterocycles. The molecular weight excluding hydrogens is 387 g/mol. The molecule has 8 heteroatoms. The number of hydrogen-bond acceptors (Lipinski definition) is 4. The van der Waals surface area contributed by atoms with Gasteiger partial charge in [0.25, 0.3) is 0 Å². The summed E-state index contributed by atoms with van der Waals surface area (Å²) < 4.78 is 48.2. The molecule has 1 saturated carbocycles. The zero-order valence-electron chi connectivity index (χ0n) is 16.8. The van der Waals surface area contributed by atoms with Crippen molar-refractivity contribution in [2.24, 2.45) is 5.41 Å². The van der Waals surface area contributed by atoms with Crippen molar-refractivity contribution < 1.29 is 32.5 Å². The highest BCUT2D eigenvalue weighted by Crippen LogP contribution is 2.48. The SMILES string of the molecule is CCOCC1(O)CCC2(CCN(c3ccc(O[C@@H](C)C(F)(F)F)cc3)C2=O)CC1. The van der Waals surface area contributed by atoms with Gasteiger partial charge in [-0.3, -0.25) is 4.79 Å². The Bertz CT molecular complexity index is 712. The van der Waals surface area contributed by atoms with Crippen LogP contribution in [0, 0.1) is 5.41 Å². The van der Waals surface area contributed by atoms with Gasteiger partial charge in [0.15, 0.2) is 6.10 Å². The highest BCUT2D eigenvalue weighted by atomic mass is 19.4. The molecule has 1 atom stereocenters. The van der Waals surface area contributed by atoms with Crippen LogP contribution in [0.1, 0.15) is 46.0 Å². The Labute approximate surface area is 168 Å². The van der Waals surface area contributed by atoms with Crippen LogP contribution in [0.3, 0.4) is 0 Å². The largest absolute Gasteiger partial charge is 0.481 e. The predicted octanol–water partition coefficient (Wildman–Crippen LogP) is 4.08. The van der Waals surface area contributed by atoms with Gasteiger partial charge < -0.3 is 19.5 Å². The first-order valence-corrected chi connectivity index (χ1v) is 10.0. The molecule has 0 bridgehead atoms. The second-order valence-electron chi connectivity index (χ2n) is 8.14. The van der Waals surface area contributed by atoms with Crippen LogP contribution in [0.15, 0.2) is 24.3 Å². The summed E-state index contributed by atoms with van der Waals surface area (Å²) in [6, 6.07) is 6.14. The number of nitrogens with zero attached hydrogens (tertiary/aromatic N) is 1. The molecular formula is C21H28F3NO4. The molecule has 1 aromatic rings. The highest BCUT2D eigenvalue weighted by molar-refractivity contribution is 6.00. The van der Waals surface area contributed by atoms with Gasteiger partial charge >= 0.3 is 6.18 Å². The molecule has 0 aromatic heterocycles. The predicted molar refractivity (Wildman–Crippen MR) is 102 cm³/mol. The normalized spacial score (nSPS) is 28.8. The van der Waals surface area contributed by atoms with Crippen molar-refractivity contribution in [3.8, 4) is 5.75 Å². The van der Waals surface area contributed by atoms with Gasteiger partial charge in [-0.05, 0) is 70.2 Å². The third-order valence-electron chi connectivity index (χ3n) is 6.15. The average molecular weight is 415 g/mol. The van der Waals surface area contributed by atoms with Gasteiger partial charge in [0.2, 0.25) is 5.91 Å². The minimum atomic E-state index is -4.43. The van der Waals surface area contributed by atoms with E-state index in [0.29, 0.717) is 50.9 Å². The van der Waals surface area contributed by atoms with Gasteiger partial charge in [-0.25, -0.2) is 0 Å². The van der Waals surface area contributed by atoms with E-state index >= 15 is 0 Å². The molecule has 1 spiro atoms. The van der Waals surface area contributed by atoms with Crippen LogP contribution in [0.2, 0.25) is 0 Å². The zero-order valence-corrected chi connectivity index (χ0v) is 16.8. The van der Waals surface area contributed by atoms with Gasteiger partial charge in [-0.2, -0.15) is 13.2 Å². The Morgan fingerprint density at radius 3 is 2.31 bits per heavy atom. The molecule has 2 aliphatic rings. The van der Waals surface area contributed by atoms with Crippen LogP contribution in [0.5, 0.6) is 5.75 Å². The summed E-state index contributed by atoms with van der Waals surface area (Å²) in [6.45, 7) is 4.22. The smallest absolute Gasteiger partial charge is 0.425 e. The summed E-state index contributed by atoms with van der Waals surface area (Å²) in [5.41, 5.74) is -0.698. The summed E-state index contributed by atoms with van der Waals surface area (Å²) in [5.74, 6) is 0.131. The van der Waals surface area contributed by atoms with E-state index in [1.54, 1.807) is 17.0 Å². The number of rotatable bonds is 6. The second kappa shape index (κ2) is 8.14. The molecule has 1 N–H and O–H groups in total. The molecule has 2 fully saturated rings. The van der Waals surface area contributed by atoms with Gasteiger partial charge in [0.05, 0.1) is 17.6 Å². The van der Waals surface area contributed by atoms with Crippen LogP contribution in [-0.2, 0) is 9.53 Å². The molecule has 1 amide bonds. The summed E-state index contributed by atoms with van der Waals surface area (Å²) in [6.07, 6.45) is -3.36. The van der Waals surface area contributed by atoms with Crippen molar-refractivity contribution in [1.29, 1.82) is 0 Å². The van der Waals surface area contributed by atoms with E-state index in [9.17, 15) is 23.1 Å². The van der Waals surface area contributed by atoms with E-state index in [-0.39, 0.29) is 18.3 Å². The number of aliphatic hydroxyl groups is 1. The van der Waals surface area contributed by atoms with Crippen LogP contribution in [0.25, 0.3) is 0 Å². The Hall–Kier alpha value is -1.80.